The molecule has 0 fully saturated rings. The predicted octanol–water partition coefficient (Wildman–Crippen LogP) is 6.55. The number of benzene rings is 3. The molecule has 7 heteroatoms. The zero-order valence-corrected chi connectivity index (χ0v) is 23.1. The summed E-state index contributed by atoms with van der Waals surface area (Å²) < 4.78 is 5.95. The Bertz CT molecular complexity index is 1180. The van der Waals surface area contributed by atoms with E-state index < -0.39 is 6.04 Å². The highest BCUT2D eigenvalue weighted by atomic mass is 35.5. The fraction of sp³-hybridized carbons (Fsp3) is 0.333. The molecule has 0 saturated heterocycles. The van der Waals surface area contributed by atoms with Crippen molar-refractivity contribution < 1.29 is 14.3 Å². The summed E-state index contributed by atoms with van der Waals surface area (Å²) in [5.74, 6) is 0.0834. The minimum absolute atomic E-state index is 0.0756. The van der Waals surface area contributed by atoms with Crippen LogP contribution in [-0.4, -0.2) is 35.9 Å². The molecule has 0 heterocycles. The average Bonchev–Trinajstić information content (AvgIpc) is 2.88. The Balaban J connectivity index is 1.95. The van der Waals surface area contributed by atoms with Gasteiger partial charge in [-0.2, -0.15) is 0 Å². The highest BCUT2D eigenvalue weighted by molar-refractivity contribution is 6.36. The summed E-state index contributed by atoms with van der Waals surface area (Å²) in [6, 6.07) is 19.9. The molecule has 3 aromatic carbocycles. The lowest BCUT2D eigenvalue weighted by Gasteiger charge is -2.32. The minimum atomic E-state index is -0.777. The van der Waals surface area contributed by atoms with Crippen molar-refractivity contribution in [2.75, 3.05) is 13.2 Å². The van der Waals surface area contributed by atoms with Gasteiger partial charge in [0.25, 0.3) is 5.91 Å². The quantitative estimate of drug-likeness (QED) is 0.265. The second-order valence-corrected chi connectivity index (χ2v) is 9.94. The van der Waals surface area contributed by atoms with Crippen LogP contribution in [0.4, 0.5) is 0 Å². The normalized spacial score (nSPS) is 11.6. The maximum Gasteiger partial charge on any atom is 0.261 e. The topological polar surface area (TPSA) is 58.6 Å². The molecule has 0 aliphatic heterocycles. The largest absolute Gasteiger partial charge is 0.483 e. The lowest BCUT2D eigenvalue weighted by Crippen LogP contribution is -2.52. The van der Waals surface area contributed by atoms with Crippen LogP contribution in [0.1, 0.15) is 42.0 Å². The van der Waals surface area contributed by atoms with Gasteiger partial charge in [0.05, 0.1) is 0 Å². The van der Waals surface area contributed by atoms with Crippen LogP contribution in [0.15, 0.2) is 66.7 Å². The van der Waals surface area contributed by atoms with Crippen LogP contribution in [0, 0.1) is 13.8 Å². The maximum atomic E-state index is 13.7. The van der Waals surface area contributed by atoms with Crippen LogP contribution < -0.4 is 10.1 Å². The van der Waals surface area contributed by atoms with Crippen molar-refractivity contribution in [3.05, 3.63) is 99.0 Å². The van der Waals surface area contributed by atoms with Gasteiger partial charge in [0, 0.05) is 35.1 Å². The van der Waals surface area contributed by atoms with Gasteiger partial charge in [-0.3, -0.25) is 9.59 Å². The van der Waals surface area contributed by atoms with Crippen molar-refractivity contribution in [3.63, 3.8) is 0 Å². The van der Waals surface area contributed by atoms with Crippen LogP contribution in [0.3, 0.4) is 0 Å². The van der Waals surface area contributed by atoms with Crippen molar-refractivity contribution in [1.29, 1.82) is 0 Å². The Labute approximate surface area is 229 Å². The van der Waals surface area contributed by atoms with Gasteiger partial charge in [0.15, 0.2) is 6.61 Å². The van der Waals surface area contributed by atoms with Crippen molar-refractivity contribution in [1.82, 2.24) is 10.2 Å². The number of carbonyl (C=O) groups is 2. The fourth-order valence-corrected chi connectivity index (χ4v) is 4.52. The first-order valence-corrected chi connectivity index (χ1v) is 13.3. The van der Waals surface area contributed by atoms with Crippen LogP contribution >= 0.6 is 23.2 Å². The van der Waals surface area contributed by atoms with E-state index in [0.717, 1.165) is 29.5 Å². The molecule has 0 bridgehead atoms. The lowest BCUT2D eigenvalue weighted by molar-refractivity contribution is -0.142. The van der Waals surface area contributed by atoms with Gasteiger partial charge < -0.3 is 15.0 Å². The second-order valence-electron chi connectivity index (χ2n) is 9.13. The summed E-state index contributed by atoms with van der Waals surface area (Å²) >= 11 is 13.0. The number of ether oxygens (including phenoxy) is 1. The number of carbonyl (C=O) groups excluding carboxylic acids is 2. The van der Waals surface area contributed by atoms with Gasteiger partial charge in [-0.1, -0.05) is 85.1 Å². The van der Waals surface area contributed by atoms with Gasteiger partial charge in [-0.05, 0) is 55.2 Å². The Morgan fingerprint density at radius 2 is 1.68 bits per heavy atom. The van der Waals surface area contributed by atoms with Gasteiger partial charge in [-0.25, -0.2) is 0 Å². The highest BCUT2D eigenvalue weighted by Gasteiger charge is 2.31. The minimum Gasteiger partial charge on any atom is -0.483 e. The fourth-order valence-electron chi connectivity index (χ4n) is 4.00. The number of halogens is 2. The van der Waals surface area contributed by atoms with Crippen LogP contribution in [0.2, 0.25) is 10.0 Å². The highest BCUT2D eigenvalue weighted by Crippen LogP contribution is 2.27. The molecule has 2 amide bonds. The number of nitrogens with zero attached hydrogens (tertiary/aromatic N) is 1. The van der Waals surface area contributed by atoms with Gasteiger partial charge >= 0.3 is 0 Å². The summed E-state index contributed by atoms with van der Waals surface area (Å²) in [6.45, 7) is 6.35. The molecule has 0 aliphatic carbocycles. The number of unbranched alkanes of at least 4 members (excludes halogenated alkanes) is 1. The Kier molecular flexibility index (Phi) is 10.8. The number of amides is 2. The second kappa shape index (κ2) is 14.1. The molecule has 0 spiro atoms. The number of hydrogen-bond acceptors (Lipinski definition) is 3. The Morgan fingerprint density at radius 1 is 0.973 bits per heavy atom. The number of nitrogens with one attached hydrogen (secondary N) is 1. The zero-order chi connectivity index (χ0) is 26.8. The van der Waals surface area contributed by atoms with E-state index in [2.05, 4.69) is 12.2 Å². The lowest BCUT2D eigenvalue weighted by atomic mass is 10.0. The summed E-state index contributed by atoms with van der Waals surface area (Å²) in [6.07, 6.45) is 2.14. The molecule has 3 aromatic rings. The maximum absolute atomic E-state index is 13.7. The van der Waals surface area contributed by atoms with Crippen molar-refractivity contribution in [2.45, 2.75) is 52.6 Å². The standard InChI is InChI=1S/C30H34Cl2N2O3/c1-4-5-16-33-30(36)27(18-23-10-7-6-8-11-23)34(19-24-25(31)12-9-13-26(24)32)29(35)20-37-28-17-21(2)14-15-22(28)3/h6-15,17,27H,4-5,16,18-20H2,1-3H3,(H,33,36)/t27-/m0/s1. The van der Waals surface area contributed by atoms with E-state index in [-0.39, 0.29) is 25.0 Å². The summed E-state index contributed by atoms with van der Waals surface area (Å²) in [7, 11) is 0. The molecule has 0 aromatic heterocycles. The summed E-state index contributed by atoms with van der Waals surface area (Å²) in [5.41, 5.74) is 3.49. The molecular formula is C30H34Cl2N2O3. The molecule has 37 heavy (non-hydrogen) atoms. The summed E-state index contributed by atoms with van der Waals surface area (Å²) in [5, 5.41) is 3.88. The molecule has 1 atom stereocenters. The van der Waals surface area contributed by atoms with E-state index in [0.29, 0.717) is 34.3 Å². The van der Waals surface area contributed by atoms with E-state index in [1.807, 2.05) is 62.4 Å². The monoisotopic (exact) mass is 540 g/mol. The first-order chi connectivity index (χ1) is 17.8. The molecule has 5 nitrogen and oxygen atoms in total. The van der Waals surface area contributed by atoms with Gasteiger partial charge in [-0.15, -0.1) is 0 Å². The molecular weight excluding hydrogens is 507 g/mol. The number of rotatable bonds is 12. The SMILES string of the molecule is CCCCNC(=O)[C@H](Cc1ccccc1)N(Cc1c(Cl)cccc1Cl)C(=O)COc1cc(C)ccc1C. The van der Waals surface area contributed by atoms with Crippen LogP contribution in [-0.2, 0) is 22.6 Å². The Hall–Kier alpha value is -3.02. The first kappa shape index (κ1) is 28.5. The van der Waals surface area contributed by atoms with Crippen molar-refractivity contribution >= 4 is 35.0 Å². The van der Waals surface area contributed by atoms with E-state index in [9.17, 15) is 9.59 Å². The third-order valence-electron chi connectivity index (χ3n) is 6.19. The molecule has 0 aliphatic rings. The van der Waals surface area contributed by atoms with Crippen LogP contribution in [0.5, 0.6) is 5.75 Å². The van der Waals surface area contributed by atoms with E-state index in [4.69, 9.17) is 27.9 Å². The Morgan fingerprint density at radius 3 is 2.35 bits per heavy atom. The van der Waals surface area contributed by atoms with E-state index >= 15 is 0 Å². The van der Waals surface area contributed by atoms with Crippen LogP contribution in [0.25, 0.3) is 0 Å². The molecule has 3 rings (SSSR count). The number of aryl methyl sites for hydroxylation is 2. The molecule has 0 saturated carbocycles. The zero-order valence-electron chi connectivity index (χ0n) is 21.6. The van der Waals surface area contributed by atoms with E-state index in [1.54, 1.807) is 18.2 Å². The third kappa shape index (κ3) is 8.24. The smallest absolute Gasteiger partial charge is 0.261 e. The number of hydrogen-bond donors (Lipinski definition) is 1. The van der Waals surface area contributed by atoms with Crippen molar-refractivity contribution in [3.8, 4) is 5.75 Å². The van der Waals surface area contributed by atoms with E-state index in [1.165, 1.54) is 4.90 Å². The molecule has 0 radical (unpaired) electrons. The predicted molar refractivity (Wildman–Crippen MR) is 150 cm³/mol. The average molecular weight is 542 g/mol. The molecule has 0 unspecified atom stereocenters. The third-order valence-corrected chi connectivity index (χ3v) is 6.89. The van der Waals surface area contributed by atoms with Crippen molar-refractivity contribution in [2.24, 2.45) is 0 Å². The molecule has 196 valence electrons. The summed E-state index contributed by atoms with van der Waals surface area (Å²) in [4.78, 5) is 28.8. The van der Waals surface area contributed by atoms with Gasteiger partial charge in [0.1, 0.15) is 11.8 Å². The van der Waals surface area contributed by atoms with Gasteiger partial charge in [0.2, 0.25) is 5.91 Å². The molecule has 1 N–H and O–H groups in total. The first-order valence-electron chi connectivity index (χ1n) is 12.5.